The summed E-state index contributed by atoms with van der Waals surface area (Å²) in [5.74, 6) is -2.50. The van der Waals surface area contributed by atoms with E-state index in [0.717, 1.165) is 12.1 Å². The SMILES string of the molecule is CC(N)CC(=O)N1CCN(C(=O)c2c(F)cccc2F)CC1. The summed E-state index contributed by atoms with van der Waals surface area (Å²) in [6.45, 7) is 2.92. The summed E-state index contributed by atoms with van der Waals surface area (Å²) >= 11 is 0. The van der Waals surface area contributed by atoms with E-state index in [0.29, 0.717) is 13.1 Å². The molecule has 1 aliphatic rings. The molecule has 120 valence electrons. The fourth-order valence-corrected chi connectivity index (χ4v) is 2.42. The smallest absolute Gasteiger partial charge is 0.259 e. The predicted octanol–water partition coefficient (Wildman–Crippen LogP) is 0.986. The van der Waals surface area contributed by atoms with Gasteiger partial charge in [-0.25, -0.2) is 8.78 Å². The average Bonchev–Trinajstić information content (AvgIpc) is 2.46. The first-order chi connectivity index (χ1) is 10.4. The highest BCUT2D eigenvalue weighted by molar-refractivity contribution is 5.95. The molecule has 2 amide bonds. The van der Waals surface area contributed by atoms with Crippen molar-refractivity contribution in [2.75, 3.05) is 26.2 Å². The average molecular weight is 311 g/mol. The molecule has 1 unspecified atom stereocenters. The van der Waals surface area contributed by atoms with Crippen LogP contribution in [0.1, 0.15) is 23.7 Å². The highest BCUT2D eigenvalue weighted by Crippen LogP contribution is 2.16. The van der Waals surface area contributed by atoms with Crippen molar-refractivity contribution >= 4 is 11.8 Å². The van der Waals surface area contributed by atoms with Crippen LogP contribution in [0.2, 0.25) is 0 Å². The molecule has 1 aromatic carbocycles. The number of carbonyl (C=O) groups excluding carboxylic acids is 2. The van der Waals surface area contributed by atoms with Gasteiger partial charge in [0.1, 0.15) is 17.2 Å². The lowest BCUT2D eigenvalue weighted by Gasteiger charge is -2.35. The molecule has 0 spiro atoms. The first kappa shape index (κ1) is 16.4. The first-order valence-electron chi connectivity index (χ1n) is 7.16. The van der Waals surface area contributed by atoms with Crippen molar-refractivity contribution in [3.05, 3.63) is 35.4 Å². The molecule has 0 aliphatic carbocycles. The molecule has 0 radical (unpaired) electrons. The molecule has 1 atom stereocenters. The van der Waals surface area contributed by atoms with E-state index in [-0.39, 0.29) is 31.5 Å². The van der Waals surface area contributed by atoms with Crippen LogP contribution in [0.5, 0.6) is 0 Å². The maximum absolute atomic E-state index is 13.6. The molecule has 0 saturated carbocycles. The maximum atomic E-state index is 13.6. The number of carbonyl (C=O) groups is 2. The van der Waals surface area contributed by atoms with Gasteiger partial charge in [0, 0.05) is 38.6 Å². The van der Waals surface area contributed by atoms with Crippen molar-refractivity contribution in [3.8, 4) is 0 Å². The summed E-state index contributed by atoms with van der Waals surface area (Å²) in [7, 11) is 0. The van der Waals surface area contributed by atoms with E-state index in [1.54, 1.807) is 11.8 Å². The summed E-state index contributed by atoms with van der Waals surface area (Å²) in [6, 6.07) is 3.10. The Hall–Kier alpha value is -2.02. The van der Waals surface area contributed by atoms with E-state index in [1.165, 1.54) is 11.0 Å². The summed E-state index contributed by atoms with van der Waals surface area (Å²) in [4.78, 5) is 27.1. The second kappa shape index (κ2) is 6.83. The third-order valence-corrected chi connectivity index (χ3v) is 3.59. The van der Waals surface area contributed by atoms with Gasteiger partial charge in [0.05, 0.1) is 0 Å². The van der Waals surface area contributed by atoms with Gasteiger partial charge in [-0.05, 0) is 19.1 Å². The molecule has 1 fully saturated rings. The molecular formula is C15H19F2N3O2. The van der Waals surface area contributed by atoms with Gasteiger partial charge in [0.2, 0.25) is 5.91 Å². The van der Waals surface area contributed by atoms with Crippen molar-refractivity contribution in [1.29, 1.82) is 0 Å². The summed E-state index contributed by atoms with van der Waals surface area (Å²) in [5.41, 5.74) is 5.05. The topological polar surface area (TPSA) is 66.6 Å². The zero-order valence-electron chi connectivity index (χ0n) is 12.4. The lowest BCUT2D eigenvalue weighted by Crippen LogP contribution is -2.51. The zero-order valence-corrected chi connectivity index (χ0v) is 12.4. The van der Waals surface area contributed by atoms with Crippen LogP contribution in [0.3, 0.4) is 0 Å². The monoisotopic (exact) mass is 311 g/mol. The van der Waals surface area contributed by atoms with Crippen molar-refractivity contribution < 1.29 is 18.4 Å². The summed E-state index contributed by atoms with van der Waals surface area (Å²) in [5, 5.41) is 0. The zero-order chi connectivity index (χ0) is 16.3. The van der Waals surface area contributed by atoms with Crippen LogP contribution >= 0.6 is 0 Å². The van der Waals surface area contributed by atoms with Gasteiger partial charge in [-0.2, -0.15) is 0 Å². The van der Waals surface area contributed by atoms with E-state index in [2.05, 4.69) is 0 Å². The van der Waals surface area contributed by atoms with Gasteiger partial charge >= 0.3 is 0 Å². The van der Waals surface area contributed by atoms with Crippen LogP contribution in [-0.4, -0.2) is 53.8 Å². The maximum Gasteiger partial charge on any atom is 0.259 e. The number of rotatable bonds is 3. The Morgan fingerprint density at radius 2 is 1.64 bits per heavy atom. The standard InChI is InChI=1S/C15H19F2N3O2/c1-10(18)9-13(21)19-5-7-20(8-6-19)15(22)14-11(16)3-2-4-12(14)17/h2-4,10H,5-9,18H2,1H3. The van der Waals surface area contributed by atoms with Crippen LogP contribution in [0.25, 0.3) is 0 Å². The van der Waals surface area contributed by atoms with E-state index in [4.69, 9.17) is 5.73 Å². The lowest BCUT2D eigenvalue weighted by molar-refractivity contribution is -0.132. The number of hydrogen-bond acceptors (Lipinski definition) is 3. The second-order valence-corrected chi connectivity index (χ2v) is 5.45. The quantitative estimate of drug-likeness (QED) is 0.905. The van der Waals surface area contributed by atoms with Gasteiger partial charge in [-0.15, -0.1) is 0 Å². The molecule has 7 heteroatoms. The highest BCUT2D eigenvalue weighted by Gasteiger charge is 2.28. The first-order valence-corrected chi connectivity index (χ1v) is 7.16. The van der Waals surface area contributed by atoms with Crippen LogP contribution in [0, 0.1) is 11.6 Å². The van der Waals surface area contributed by atoms with Crippen molar-refractivity contribution in [2.24, 2.45) is 5.73 Å². The van der Waals surface area contributed by atoms with E-state index >= 15 is 0 Å². The van der Waals surface area contributed by atoms with Crippen LogP contribution < -0.4 is 5.73 Å². The third-order valence-electron chi connectivity index (χ3n) is 3.59. The van der Waals surface area contributed by atoms with Gasteiger partial charge in [-0.3, -0.25) is 9.59 Å². The number of nitrogens with two attached hydrogens (primary N) is 1. The molecule has 2 rings (SSSR count). The van der Waals surface area contributed by atoms with Gasteiger partial charge < -0.3 is 15.5 Å². The Morgan fingerprint density at radius 1 is 1.14 bits per heavy atom. The Bertz CT molecular complexity index is 550. The van der Waals surface area contributed by atoms with Gasteiger partial charge in [-0.1, -0.05) is 6.07 Å². The minimum Gasteiger partial charge on any atom is -0.339 e. The number of amides is 2. The minimum atomic E-state index is -0.875. The van der Waals surface area contributed by atoms with Crippen LogP contribution in [-0.2, 0) is 4.79 Å². The largest absolute Gasteiger partial charge is 0.339 e. The molecule has 0 bridgehead atoms. The number of benzene rings is 1. The molecule has 1 saturated heterocycles. The Kier molecular flexibility index (Phi) is 5.07. The summed E-state index contributed by atoms with van der Waals surface area (Å²) in [6.07, 6.45) is 0.246. The van der Waals surface area contributed by atoms with Crippen molar-refractivity contribution in [2.45, 2.75) is 19.4 Å². The van der Waals surface area contributed by atoms with Gasteiger partial charge in [0.25, 0.3) is 5.91 Å². The Balaban J connectivity index is 2.00. The number of nitrogens with zero attached hydrogens (tertiary/aromatic N) is 2. The molecule has 1 heterocycles. The Labute approximate surface area is 127 Å². The van der Waals surface area contributed by atoms with Gasteiger partial charge in [0.15, 0.2) is 0 Å². The molecule has 5 nitrogen and oxygen atoms in total. The van der Waals surface area contributed by atoms with E-state index in [9.17, 15) is 18.4 Å². The number of halogens is 2. The molecule has 1 aliphatic heterocycles. The molecular weight excluding hydrogens is 292 g/mol. The highest BCUT2D eigenvalue weighted by atomic mass is 19.1. The van der Waals surface area contributed by atoms with Crippen LogP contribution in [0.15, 0.2) is 18.2 Å². The molecule has 2 N–H and O–H groups in total. The number of hydrogen-bond donors (Lipinski definition) is 1. The summed E-state index contributed by atoms with van der Waals surface area (Å²) < 4.78 is 27.3. The minimum absolute atomic E-state index is 0.0702. The van der Waals surface area contributed by atoms with Crippen LogP contribution in [0.4, 0.5) is 8.78 Å². The predicted molar refractivity (Wildman–Crippen MR) is 77.1 cm³/mol. The Morgan fingerprint density at radius 3 is 2.14 bits per heavy atom. The fourth-order valence-electron chi connectivity index (χ4n) is 2.42. The number of piperazine rings is 1. The lowest BCUT2D eigenvalue weighted by atomic mass is 10.1. The molecule has 22 heavy (non-hydrogen) atoms. The normalized spacial score (nSPS) is 16.5. The fraction of sp³-hybridized carbons (Fsp3) is 0.467. The molecule has 0 aromatic heterocycles. The van der Waals surface area contributed by atoms with E-state index < -0.39 is 23.1 Å². The molecule has 1 aromatic rings. The van der Waals surface area contributed by atoms with Crippen molar-refractivity contribution in [3.63, 3.8) is 0 Å². The van der Waals surface area contributed by atoms with Crippen molar-refractivity contribution in [1.82, 2.24) is 9.80 Å². The third kappa shape index (κ3) is 3.59. The van der Waals surface area contributed by atoms with E-state index in [1.807, 2.05) is 0 Å². The second-order valence-electron chi connectivity index (χ2n) is 5.45.